The molecule has 7 nitrogen and oxygen atoms in total. The average molecular weight is 488 g/mol. The van der Waals surface area contributed by atoms with E-state index >= 15 is 0 Å². The summed E-state index contributed by atoms with van der Waals surface area (Å²) in [6, 6.07) is 20.6. The number of rotatable bonds is 6. The number of amides is 1. The number of carbonyl (C=O) groups is 1. The Morgan fingerprint density at radius 2 is 1.80 bits per heavy atom. The second kappa shape index (κ2) is 9.84. The van der Waals surface area contributed by atoms with Crippen LogP contribution in [-0.2, 0) is 11.3 Å². The van der Waals surface area contributed by atoms with Crippen LogP contribution in [0.4, 0.5) is 5.69 Å². The molecule has 1 aliphatic heterocycles. The smallest absolute Gasteiger partial charge is 0.262 e. The fourth-order valence-corrected chi connectivity index (χ4v) is 4.74. The van der Waals surface area contributed by atoms with Gasteiger partial charge in [-0.25, -0.2) is 4.98 Å². The molecule has 3 aromatic carbocycles. The van der Waals surface area contributed by atoms with Gasteiger partial charge in [0.15, 0.2) is 16.7 Å². The number of nitrogens with one attached hydrogen (secondary N) is 1. The van der Waals surface area contributed by atoms with Crippen molar-refractivity contribution in [3.63, 3.8) is 0 Å². The first kappa shape index (κ1) is 23.0. The van der Waals surface area contributed by atoms with Crippen LogP contribution in [0.1, 0.15) is 18.1 Å². The van der Waals surface area contributed by atoms with Gasteiger partial charge in [0.2, 0.25) is 5.91 Å². The average Bonchev–Trinajstić information content (AvgIpc) is 2.87. The maximum absolute atomic E-state index is 13.4. The molecule has 0 spiro atoms. The normalized spacial score (nSPS) is 13.4. The predicted molar refractivity (Wildman–Crippen MR) is 138 cm³/mol. The van der Waals surface area contributed by atoms with Crippen LogP contribution in [0.3, 0.4) is 0 Å². The number of aryl methyl sites for hydroxylation is 1. The monoisotopic (exact) mass is 487 g/mol. The second-order valence-corrected chi connectivity index (χ2v) is 9.70. The van der Waals surface area contributed by atoms with E-state index in [0.29, 0.717) is 53.0 Å². The SMILES string of the molecule is Cc1ccc(Cn2c(S[C@@H](C)C(=O)Nc3ccc4c(c3)OCCO4)nc3ccccc3c2=O)cc1. The molecule has 0 unspecified atom stereocenters. The number of hydrogen-bond donors (Lipinski definition) is 1. The number of nitrogens with zero attached hydrogens (tertiary/aromatic N) is 2. The first-order valence-corrected chi connectivity index (χ1v) is 12.3. The molecule has 0 saturated carbocycles. The molecule has 2 heterocycles. The summed E-state index contributed by atoms with van der Waals surface area (Å²) in [7, 11) is 0. The maximum atomic E-state index is 13.4. The van der Waals surface area contributed by atoms with E-state index in [9.17, 15) is 9.59 Å². The molecule has 178 valence electrons. The highest BCUT2D eigenvalue weighted by Gasteiger charge is 2.21. The zero-order valence-corrected chi connectivity index (χ0v) is 20.3. The third kappa shape index (κ3) is 5.02. The van der Waals surface area contributed by atoms with Crippen LogP contribution in [-0.4, -0.2) is 33.9 Å². The van der Waals surface area contributed by atoms with E-state index in [2.05, 4.69) is 5.32 Å². The Kier molecular flexibility index (Phi) is 6.46. The molecular weight excluding hydrogens is 462 g/mol. The summed E-state index contributed by atoms with van der Waals surface area (Å²) in [6.07, 6.45) is 0. The zero-order chi connectivity index (χ0) is 24.4. The maximum Gasteiger partial charge on any atom is 0.262 e. The highest BCUT2D eigenvalue weighted by atomic mass is 32.2. The van der Waals surface area contributed by atoms with E-state index in [1.165, 1.54) is 11.8 Å². The zero-order valence-electron chi connectivity index (χ0n) is 19.5. The lowest BCUT2D eigenvalue weighted by molar-refractivity contribution is -0.115. The fourth-order valence-electron chi connectivity index (χ4n) is 3.83. The van der Waals surface area contributed by atoms with E-state index in [0.717, 1.165) is 11.1 Å². The predicted octanol–water partition coefficient (Wildman–Crippen LogP) is 4.64. The Morgan fingerprint density at radius 1 is 1.06 bits per heavy atom. The highest BCUT2D eigenvalue weighted by Crippen LogP contribution is 2.33. The Bertz CT molecular complexity index is 1450. The number of ether oxygens (including phenoxy) is 2. The van der Waals surface area contributed by atoms with Crippen molar-refractivity contribution in [1.29, 1.82) is 0 Å². The van der Waals surface area contributed by atoms with Gasteiger partial charge in [-0.3, -0.25) is 14.2 Å². The van der Waals surface area contributed by atoms with Gasteiger partial charge in [-0.2, -0.15) is 0 Å². The number of fused-ring (bicyclic) bond motifs is 2. The van der Waals surface area contributed by atoms with Crippen molar-refractivity contribution in [3.05, 3.63) is 88.2 Å². The van der Waals surface area contributed by atoms with Crippen LogP contribution in [0, 0.1) is 6.92 Å². The molecule has 35 heavy (non-hydrogen) atoms. The molecule has 4 aromatic rings. The van der Waals surface area contributed by atoms with Crippen LogP contribution < -0.4 is 20.3 Å². The third-order valence-electron chi connectivity index (χ3n) is 5.75. The molecule has 0 aliphatic carbocycles. The lowest BCUT2D eigenvalue weighted by Gasteiger charge is -2.20. The molecule has 0 radical (unpaired) electrons. The standard InChI is InChI=1S/C27H25N3O4S/c1-17-7-9-19(10-8-17)16-30-26(32)21-5-3-4-6-22(21)29-27(30)35-18(2)25(31)28-20-11-12-23-24(15-20)34-14-13-33-23/h3-12,15,18H,13-14,16H2,1-2H3,(H,28,31)/t18-/m0/s1. The van der Waals surface area contributed by atoms with Gasteiger partial charge in [-0.15, -0.1) is 0 Å². The summed E-state index contributed by atoms with van der Waals surface area (Å²) in [4.78, 5) is 31.2. The van der Waals surface area contributed by atoms with Crippen LogP contribution in [0.2, 0.25) is 0 Å². The summed E-state index contributed by atoms with van der Waals surface area (Å²) in [5.74, 6) is 1.07. The number of hydrogen-bond acceptors (Lipinski definition) is 6. The van der Waals surface area contributed by atoms with Gasteiger partial charge in [0.1, 0.15) is 13.2 Å². The lowest BCUT2D eigenvalue weighted by Crippen LogP contribution is -2.27. The number of aromatic nitrogens is 2. The fraction of sp³-hybridized carbons (Fsp3) is 0.222. The molecule has 0 saturated heterocycles. The quantitative estimate of drug-likeness (QED) is 0.315. The molecule has 0 bridgehead atoms. The first-order valence-electron chi connectivity index (χ1n) is 11.4. The Balaban J connectivity index is 1.41. The first-order chi connectivity index (χ1) is 17.0. The molecule has 5 rings (SSSR count). The molecule has 1 atom stereocenters. The van der Waals surface area contributed by atoms with Crippen LogP contribution >= 0.6 is 11.8 Å². The number of benzene rings is 3. The minimum Gasteiger partial charge on any atom is -0.486 e. The largest absolute Gasteiger partial charge is 0.486 e. The topological polar surface area (TPSA) is 82.5 Å². The molecule has 1 aliphatic rings. The second-order valence-electron chi connectivity index (χ2n) is 8.40. The van der Waals surface area contributed by atoms with Crippen molar-refractivity contribution < 1.29 is 14.3 Å². The molecule has 1 N–H and O–H groups in total. The third-order valence-corrected chi connectivity index (χ3v) is 6.84. The lowest BCUT2D eigenvalue weighted by atomic mass is 10.1. The Hall–Kier alpha value is -3.78. The summed E-state index contributed by atoms with van der Waals surface area (Å²) in [6.45, 7) is 5.18. The molecule has 1 amide bonds. The van der Waals surface area contributed by atoms with Gasteiger partial charge in [0.25, 0.3) is 5.56 Å². The number of para-hydroxylation sites is 1. The molecule has 0 fully saturated rings. The van der Waals surface area contributed by atoms with E-state index in [4.69, 9.17) is 14.5 Å². The minimum atomic E-state index is -0.500. The van der Waals surface area contributed by atoms with Crippen LogP contribution in [0.5, 0.6) is 11.5 Å². The van der Waals surface area contributed by atoms with Crippen molar-refractivity contribution in [2.45, 2.75) is 30.8 Å². The number of anilines is 1. The van der Waals surface area contributed by atoms with Crippen molar-refractivity contribution in [2.24, 2.45) is 0 Å². The molecular formula is C27H25N3O4S. The Labute approximate surface area is 207 Å². The van der Waals surface area contributed by atoms with E-state index in [1.807, 2.05) is 49.4 Å². The summed E-state index contributed by atoms with van der Waals surface area (Å²) in [5, 5.41) is 3.48. The van der Waals surface area contributed by atoms with Gasteiger partial charge < -0.3 is 14.8 Å². The number of thioether (sulfide) groups is 1. The van der Waals surface area contributed by atoms with Crippen molar-refractivity contribution >= 4 is 34.3 Å². The van der Waals surface area contributed by atoms with Crippen LogP contribution in [0.15, 0.2) is 76.7 Å². The van der Waals surface area contributed by atoms with Crippen molar-refractivity contribution in [3.8, 4) is 11.5 Å². The van der Waals surface area contributed by atoms with Gasteiger partial charge in [-0.05, 0) is 43.7 Å². The summed E-state index contributed by atoms with van der Waals surface area (Å²) < 4.78 is 12.8. The van der Waals surface area contributed by atoms with Gasteiger partial charge in [0, 0.05) is 11.8 Å². The van der Waals surface area contributed by atoms with Gasteiger partial charge in [-0.1, -0.05) is 53.7 Å². The van der Waals surface area contributed by atoms with Gasteiger partial charge in [0.05, 0.1) is 22.7 Å². The van der Waals surface area contributed by atoms with Crippen molar-refractivity contribution in [2.75, 3.05) is 18.5 Å². The van der Waals surface area contributed by atoms with Crippen LogP contribution in [0.25, 0.3) is 10.9 Å². The van der Waals surface area contributed by atoms with Crippen molar-refractivity contribution in [1.82, 2.24) is 9.55 Å². The van der Waals surface area contributed by atoms with E-state index < -0.39 is 5.25 Å². The van der Waals surface area contributed by atoms with E-state index in [-0.39, 0.29) is 11.5 Å². The number of carbonyl (C=O) groups excluding carboxylic acids is 1. The molecule has 8 heteroatoms. The minimum absolute atomic E-state index is 0.127. The van der Waals surface area contributed by atoms with Gasteiger partial charge >= 0.3 is 0 Å². The molecule has 1 aromatic heterocycles. The Morgan fingerprint density at radius 3 is 2.60 bits per heavy atom. The highest BCUT2D eigenvalue weighted by molar-refractivity contribution is 8.00. The summed E-state index contributed by atoms with van der Waals surface area (Å²) in [5.41, 5.74) is 3.25. The summed E-state index contributed by atoms with van der Waals surface area (Å²) >= 11 is 1.26. The van der Waals surface area contributed by atoms with E-state index in [1.54, 1.807) is 35.8 Å².